The Hall–Kier alpha value is -3.84. The van der Waals surface area contributed by atoms with E-state index >= 15 is 0 Å². The standard InChI is InChI=1S/C22H18FN3O6/c1-21-12-22(20(28)31-2,15-8-9-16(26(29)30)18(23)14(15)10-24)19(27)25(21)17(11-32-21)13-6-4-3-5-7-13/h3-9,17H,11-12H2,1-2H3/t17-,21-,22-/m0/s1. The summed E-state index contributed by atoms with van der Waals surface area (Å²) in [6, 6.07) is 12.0. The molecule has 2 aromatic carbocycles. The molecule has 2 heterocycles. The van der Waals surface area contributed by atoms with E-state index in [0.29, 0.717) is 0 Å². The predicted octanol–water partition coefficient (Wildman–Crippen LogP) is 2.74. The summed E-state index contributed by atoms with van der Waals surface area (Å²) in [5.74, 6) is -3.13. The molecule has 0 spiro atoms. The van der Waals surface area contributed by atoms with Crippen LogP contribution in [0.15, 0.2) is 42.5 Å². The van der Waals surface area contributed by atoms with E-state index in [4.69, 9.17) is 9.47 Å². The maximum Gasteiger partial charge on any atom is 0.326 e. The molecule has 10 heteroatoms. The number of nitriles is 1. The molecule has 0 radical (unpaired) electrons. The molecule has 0 N–H and O–H groups in total. The Balaban J connectivity index is 1.93. The van der Waals surface area contributed by atoms with Crippen LogP contribution in [0.2, 0.25) is 0 Å². The molecule has 32 heavy (non-hydrogen) atoms. The number of nitro groups is 1. The van der Waals surface area contributed by atoms with Crippen LogP contribution in [-0.2, 0) is 24.5 Å². The van der Waals surface area contributed by atoms with Crippen molar-refractivity contribution in [3.63, 3.8) is 0 Å². The molecule has 3 atom stereocenters. The Kier molecular flexibility index (Phi) is 4.94. The number of halogens is 1. The number of rotatable bonds is 4. The van der Waals surface area contributed by atoms with Gasteiger partial charge < -0.3 is 14.4 Å². The van der Waals surface area contributed by atoms with Crippen LogP contribution in [0, 0.1) is 27.3 Å². The fourth-order valence-corrected chi connectivity index (χ4v) is 4.74. The highest BCUT2D eigenvalue weighted by atomic mass is 19.1. The summed E-state index contributed by atoms with van der Waals surface area (Å²) in [6.07, 6.45) is -0.249. The van der Waals surface area contributed by atoms with Crippen LogP contribution in [0.4, 0.5) is 10.1 Å². The van der Waals surface area contributed by atoms with Gasteiger partial charge in [-0.05, 0) is 18.6 Å². The average Bonchev–Trinajstić information content (AvgIpc) is 3.24. The van der Waals surface area contributed by atoms with Crippen molar-refractivity contribution in [2.45, 2.75) is 30.5 Å². The van der Waals surface area contributed by atoms with Crippen molar-refractivity contribution >= 4 is 17.6 Å². The summed E-state index contributed by atoms with van der Waals surface area (Å²) in [6.45, 7) is 1.82. The molecule has 164 valence electrons. The fourth-order valence-electron chi connectivity index (χ4n) is 4.74. The third kappa shape index (κ3) is 2.78. The van der Waals surface area contributed by atoms with Gasteiger partial charge in [-0.15, -0.1) is 0 Å². The smallest absolute Gasteiger partial charge is 0.326 e. The van der Waals surface area contributed by atoms with Gasteiger partial charge in [0.2, 0.25) is 11.7 Å². The van der Waals surface area contributed by atoms with E-state index in [2.05, 4.69) is 0 Å². The van der Waals surface area contributed by atoms with Crippen LogP contribution in [0.25, 0.3) is 0 Å². The highest BCUT2D eigenvalue weighted by molar-refractivity contribution is 6.11. The van der Waals surface area contributed by atoms with Crippen LogP contribution < -0.4 is 0 Å². The minimum atomic E-state index is -2.10. The Bertz CT molecular complexity index is 1180. The van der Waals surface area contributed by atoms with E-state index in [9.17, 15) is 29.4 Å². The molecule has 1 amide bonds. The normalized spacial score (nSPS) is 26.5. The Morgan fingerprint density at radius 2 is 2.03 bits per heavy atom. The van der Waals surface area contributed by atoms with Gasteiger partial charge in [-0.2, -0.15) is 9.65 Å². The minimum Gasteiger partial charge on any atom is -0.468 e. The van der Waals surface area contributed by atoms with E-state index in [0.717, 1.165) is 24.8 Å². The second-order valence-electron chi connectivity index (χ2n) is 7.85. The van der Waals surface area contributed by atoms with Crippen LogP contribution in [-0.4, -0.2) is 41.1 Å². The molecule has 4 rings (SSSR count). The fraction of sp³-hybridized carbons (Fsp3) is 0.318. The van der Waals surface area contributed by atoms with E-state index < -0.39 is 51.0 Å². The lowest BCUT2D eigenvalue weighted by Crippen LogP contribution is -2.46. The number of hydrogen-bond donors (Lipinski definition) is 0. The lowest BCUT2D eigenvalue weighted by atomic mass is 9.75. The lowest BCUT2D eigenvalue weighted by Gasteiger charge is -2.29. The number of hydrogen-bond acceptors (Lipinski definition) is 7. The zero-order chi connectivity index (χ0) is 23.3. The van der Waals surface area contributed by atoms with Crippen molar-refractivity contribution in [2.75, 3.05) is 13.7 Å². The van der Waals surface area contributed by atoms with Gasteiger partial charge in [0.05, 0.1) is 30.2 Å². The SMILES string of the molecule is COC(=O)[C@]1(c2ccc([N+](=O)[O-])c(F)c2C#N)C[C@]2(C)OC[C@@H](c3ccccc3)N2C1=O. The number of nitrogens with zero attached hydrogens (tertiary/aromatic N) is 3. The van der Waals surface area contributed by atoms with Crippen molar-refractivity contribution in [1.82, 2.24) is 4.90 Å². The highest BCUT2D eigenvalue weighted by Crippen LogP contribution is 2.54. The Morgan fingerprint density at radius 1 is 1.34 bits per heavy atom. The zero-order valence-electron chi connectivity index (χ0n) is 17.2. The topological polar surface area (TPSA) is 123 Å². The lowest BCUT2D eigenvalue weighted by molar-refractivity contribution is -0.387. The van der Waals surface area contributed by atoms with Gasteiger partial charge in [0.25, 0.3) is 0 Å². The van der Waals surface area contributed by atoms with Crippen LogP contribution in [0.1, 0.15) is 36.1 Å². The number of fused-ring (bicyclic) bond motifs is 1. The van der Waals surface area contributed by atoms with Crippen LogP contribution >= 0.6 is 0 Å². The number of esters is 1. The summed E-state index contributed by atoms with van der Waals surface area (Å²) >= 11 is 0. The predicted molar refractivity (Wildman–Crippen MR) is 106 cm³/mol. The third-order valence-electron chi connectivity index (χ3n) is 6.16. The molecule has 2 fully saturated rings. The summed E-state index contributed by atoms with van der Waals surface area (Å²) in [5, 5.41) is 20.7. The van der Waals surface area contributed by atoms with Gasteiger partial charge >= 0.3 is 11.7 Å². The molecule has 2 aromatic rings. The molecule has 0 aromatic heterocycles. The van der Waals surface area contributed by atoms with Gasteiger partial charge in [0, 0.05) is 18.1 Å². The largest absolute Gasteiger partial charge is 0.468 e. The van der Waals surface area contributed by atoms with Gasteiger partial charge in [0.1, 0.15) is 11.8 Å². The van der Waals surface area contributed by atoms with Gasteiger partial charge in [0.15, 0.2) is 5.41 Å². The molecule has 9 nitrogen and oxygen atoms in total. The summed E-state index contributed by atoms with van der Waals surface area (Å²) in [4.78, 5) is 38.5. The first-order valence-electron chi connectivity index (χ1n) is 9.70. The van der Waals surface area contributed by atoms with Crippen molar-refractivity contribution in [2.24, 2.45) is 0 Å². The number of benzene rings is 2. The quantitative estimate of drug-likeness (QED) is 0.311. The molecule has 2 aliphatic heterocycles. The molecule has 2 aliphatic rings. The first-order valence-corrected chi connectivity index (χ1v) is 9.70. The van der Waals surface area contributed by atoms with Gasteiger partial charge in [-0.25, -0.2) is 0 Å². The number of nitro benzene ring substituents is 1. The number of carbonyl (C=O) groups is 2. The molecule has 0 bridgehead atoms. The summed E-state index contributed by atoms with van der Waals surface area (Å²) in [5.41, 5.74) is -4.53. The Labute approximate surface area is 182 Å². The van der Waals surface area contributed by atoms with E-state index in [1.54, 1.807) is 25.1 Å². The van der Waals surface area contributed by atoms with Crippen LogP contribution in [0.5, 0.6) is 0 Å². The summed E-state index contributed by atoms with van der Waals surface area (Å²) in [7, 11) is 1.08. The molecule has 0 aliphatic carbocycles. The first-order chi connectivity index (χ1) is 15.2. The van der Waals surface area contributed by atoms with E-state index in [1.807, 2.05) is 18.2 Å². The molecular formula is C22H18FN3O6. The Morgan fingerprint density at radius 3 is 2.62 bits per heavy atom. The number of ether oxygens (including phenoxy) is 2. The first kappa shape index (κ1) is 21.4. The maximum absolute atomic E-state index is 14.9. The van der Waals surface area contributed by atoms with E-state index in [1.165, 1.54) is 4.90 Å². The van der Waals surface area contributed by atoms with Crippen molar-refractivity contribution < 1.29 is 28.4 Å². The minimum absolute atomic E-state index is 0.184. The number of amides is 1. The van der Waals surface area contributed by atoms with Crippen molar-refractivity contribution in [3.05, 3.63) is 75.1 Å². The molecule has 0 saturated carbocycles. The molecule has 2 saturated heterocycles. The number of carbonyl (C=O) groups excluding carboxylic acids is 2. The highest BCUT2D eigenvalue weighted by Gasteiger charge is 2.68. The zero-order valence-corrected chi connectivity index (χ0v) is 17.2. The number of methoxy groups -OCH3 is 1. The van der Waals surface area contributed by atoms with E-state index in [-0.39, 0.29) is 18.6 Å². The molecule has 0 unspecified atom stereocenters. The maximum atomic E-state index is 14.9. The molecular weight excluding hydrogens is 421 g/mol. The van der Waals surface area contributed by atoms with Gasteiger partial charge in [-0.1, -0.05) is 30.3 Å². The van der Waals surface area contributed by atoms with Gasteiger partial charge in [-0.3, -0.25) is 19.7 Å². The third-order valence-corrected chi connectivity index (χ3v) is 6.16. The van der Waals surface area contributed by atoms with Crippen molar-refractivity contribution in [3.8, 4) is 6.07 Å². The van der Waals surface area contributed by atoms with Crippen LogP contribution in [0.3, 0.4) is 0 Å². The average molecular weight is 439 g/mol. The summed E-state index contributed by atoms with van der Waals surface area (Å²) < 4.78 is 25.7. The second-order valence-corrected chi connectivity index (χ2v) is 7.85. The van der Waals surface area contributed by atoms with Crippen molar-refractivity contribution in [1.29, 1.82) is 5.26 Å². The monoisotopic (exact) mass is 439 g/mol. The second kappa shape index (κ2) is 7.39.